The second-order valence-electron chi connectivity index (χ2n) is 6.45. The minimum atomic E-state index is 0.00709. The average Bonchev–Trinajstić information content (AvgIpc) is 3.21. The average molecular weight is 381 g/mol. The first-order valence-electron chi connectivity index (χ1n) is 8.77. The predicted octanol–water partition coefficient (Wildman–Crippen LogP) is 2.79. The summed E-state index contributed by atoms with van der Waals surface area (Å²) >= 11 is 1.41. The van der Waals surface area contributed by atoms with Crippen molar-refractivity contribution in [2.45, 2.75) is 25.7 Å². The summed E-state index contributed by atoms with van der Waals surface area (Å²) in [5, 5.41) is 11.7. The number of likely N-dealkylation sites (tertiary alicyclic amines) is 1. The zero-order valence-electron chi connectivity index (χ0n) is 14.9. The van der Waals surface area contributed by atoms with E-state index in [0.717, 1.165) is 30.9 Å². The molecule has 27 heavy (non-hydrogen) atoms. The number of aromatic nitrogens is 5. The zero-order chi connectivity index (χ0) is 18.6. The lowest BCUT2D eigenvalue weighted by Gasteiger charge is -2.32. The number of carbonyl (C=O) groups excluding carboxylic acids is 1. The van der Waals surface area contributed by atoms with Crippen molar-refractivity contribution in [3.05, 3.63) is 53.2 Å². The summed E-state index contributed by atoms with van der Waals surface area (Å²) in [6, 6.07) is 5.46. The predicted molar refractivity (Wildman–Crippen MR) is 102 cm³/mol. The highest BCUT2D eigenvalue weighted by atomic mass is 32.1. The standard InChI is InChI=1S/C18H19N7OS/c1-12-8-15(23-18-24-20-11-27-18)22-16(21-12)14-5-3-7-25(10-14)17(26)13-4-2-6-19-9-13/h2,4,6,8-9,11,14H,3,5,7,10H2,1H3,(H,21,22,23,24)/t14-/m0/s1. The number of nitrogens with zero attached hydrogens (tertiary/aromatic N) is 6. The third-order valence-corrected chi connectivity index (χ3v) is 5.06. The second-order valence-corrected chi connectivity index (χ2v) is 7.29. The minimum absolute atomic E-state index is 0.00709. The number of amides is 1. The number of rotatable bonds is 4. The fraction of sp³-hybridized carbons (Fsp3) is 0.333. The van der Waals surface area contributed by atoms with Gasteiger partial charge in [-0.1, -0.05) is 11.3 Å². The molecular formula is C18H19N7OS. The van der Waals surface area contributed by atoms with E-state index in [1.165, 1.54) is 11.3 Å². The highest BCUT2D eigenvalue weighted by Gasteiger charge is 2.27. The van der Waals surface area contributed by atoms with Crippen LogP contribution in [0.2, 0.25) is 0 Å². The Kier molecular flexibility index (Phi) is 5.01. The van der Waals surface area contributed by atoms with Crippen molar-refractivity contribution in [3.8, 4) is 0 Å². The maximum absolute atomic E-state index is 12.7. The van der Waals surface area contributed by atoms with Gasteiger partial charge >= 0.3 is 0 Å². The second kappa shape index (κ2) is 7.75. The van der Waals surface area contributed by atoms with Crippen molar-refractivity contribution in [1.82, 2.24) is 30.0 Å². The summed E-state index contributed by atoms with van der Waals surface area (Å²) in [4.78, 5) is 27.9. The van der Waals surface area contributed by atoms with Crippen LogP contribution in [0.3, 0.4) is 0 Å². The Morgan fingerprint density at radius 2 is 2.30 bits per heavy atom. The van der Waals surface area contributed by atoms with Crippen LogP contribution in [0.25, 0.3) is 0 Å². The Hall–Kier alpha value is -2.94. The van der Waals surface area contributed by atoms with Gasteiger partial charge in [-0.25, -0.2) is 9.97 Å². The van der Waals surface area contributed by atoms with E-state index in [0.29, 0.717) is 23.1 Å². The van der Waals surface area contributed by atoms with E-state index in [4.69, 9.17) is 0 Å². The van der Waals surface area contributed by atoms with Crippen LogP contribution >= 0.6 is 11.3 Å². The van der Waals surface area contributed by atoms with Gasteiger partial charge < -0.3 is 10.2 Å². The normalized spacial score (nSPS) is 16.9. The molecule has 1 aliphatic heterocycles. The van der Waals surface area contributed by atoms with Crippen LogP contribution in [0.1, 0.15) is 40.6 Å². The minimum Gasteiger partial charge on any atom is -0.338 e. The molecule has 1 fully saturated rings. The largest absolute Gasteiger partial charge is 0.338 e. The Morgan fingerprint density at radius 3 is 3.07 bits per heavy atom. The number of aryl methyl sites for hydroxylation is 1. The van der Waals surface area contributed by atoms with Gasteiger partial charge in [0.05, 0.1) is 5.56 Å². The highest BCUT2D eigenvalue weighted by Crippen LogP contribution is 2.27. The number of anilines is 2. The molecule has 0 saturated carbocycles. The molecule has 3 aromatic rings. The van der Waals surface area contributed by atoms with Crippen LogP contribution in [0.5, 0.6) is 0 Å². The van der Waals surface area contributed by atoms with Gasteiger partial charge in [-0.3, -0.25) is 9.78 Å². The number of hydrogen-bond donors (Lipinski definition) is 1. The van der Waals surface area contributed by atoms with E-state index in [2.05, 4.69) is 30.5 Å². The Labute approximate surface area is 160 Å². The van der Waals surface area contributed by atoms with Crippen LogP contribution in [-0.4, -0.2) is 49.0 Å². The zero-order valence-corrected chi connectivity index (χ0v) is 15.7. The monoisotopic (exact) mass is 381 g/mol. The molecule has 1 amide bonds. The molecule has 3 aromatic heterocycles. The summed E-state index contributed by atoms with van der Waals surface area (Å²) < 4.78 is 0. The van der Waals surface area contributed by atoms with E-state index in [1.54, 1.807) is 30.0 Å². The lowest BCUT2D eigenvalue weighted by atomic mass is 9.96. The maximum atomic E-state index is 12.7. The molecule has 138 valence electrons. The molecule has 0 unspecified atom stereocenters. The van der Waals surface area contributed by atoms with Gasteiger partial charge in [0, 0.05) is 43.2 Å². The van der Waals surface area contributed by atoms with Gasteiger partial charge in [0.25, 0.3) is 5.91 Å². The molecule has 4 heterocycles. The Bertz CT molecular complexity index is 917. The molecule has 0 aliphatic carbocycles. The molecule has 8 nitrogen and oxygen atoms in total. The van der Waals surface area contributed by atoms with E-state index in [-0.39, 0.29) is 11.8 Å². The van der Waals surface area contributed by atoms with Crippen molar-refractivity contribution in [2.75, 3.05) is 18.4 Å². The molecule has 1 aliphatic rings. The van der Waals surface area contributed by atoms with Crippen LogP contribution in [-0.2, 0) is 0 Å². The van der Waals surface area contributed by atoms with E-state index in [1.807, 2.05) is 17.9 Å². The third-order valence-electron chi connectivity index (χ3n) is 4.45. The lowest BCUT2D eigenvalue weighted by molar-refractivity contribution is 0.0704. The fourth-order valence-corrected chi connectivity index (χ4v) is 3.67. The summed E-state index contributed by atoms with van der Waals surface area (Å²) in [6.45, 7) is 3.29. The molecule has 0 bridgehead atoms. The SMILES string of the molecule is Cc1cc(Nc2nncs2)nc([C@H]2CCCN(C(=O)c3cccnc3)C2)n1. The van der Waals surface area contributed by atoms with Crippen LogP contribution in [0, 0.1) is 6.92 Å². The lowest BCUT2D eigenvalue weighted by Crippen LogP contribution is -2.39. The first-order valence-corrected chi connectivity index (χ1v) is 9.65. The van der Waals surface area contributed by atoms with Gasteiger partial charge in [-0.15, -0.1) is 10.2 Å². The van der Waals surface area contributed by atoms with Crippen LogP contribution in [0.15, 0.2) is 36.1 Å². The van der Waals surface area contributed by atoms with Crippen molar-refractivity contribution in [2.24, 2.45) is 0 Å². The summed E-state index contributed by atoms with van der Waals surface area (Å²) in [5.41, 5.74) is 3.16. The Morgan fingerprint density at radius 1 is 1.37 bits per heavy atom. The topological polar surface area (TPSA) is 96.8 Å². The van der Waals surface area contributed by atoms with E-state index < -0.39 is 0 Å². The fourth-order valence-electron chi connectivity index (χ4n) is 3.22. The summed E-state index contributed by atoms with van der Waals surface area (Å²) in [7, 11) is 0. The van der Waals surface area contributed by atoms with Crippen molar-refractivity contribution < 1.29 is 4.79 Å². The molecule has 0 aromatic carbocycles. The summed E-state index contributed by atoms with van der Waals surface area (Å²) in [5.74, 6) is 1.57. The van der Waals surface area contributed by atoms with E-state index >= 15 is 0 Å². The number of carbonyl (C=O) groups is 1. The molecule has 4 rings (SSSR count). The maximum Gasteiger partial charge on any atom is 0.255 e. The molecule has 1 atom stereocenters. The Balaban J connectivity index is 1.52. The van der Waals surface area contributed by atoms with Crippen molar-refractivity contribution in [1.29, 1.82) is 0 Å². The number of piperidine rings is 1. The smallest absolute Gasteiger partial charge is 0.255 e. The highest BCUT2D eigenvalue weighted by molar-refractivity contribution is 7.13. The van der Waals surface area contributed by atoms with Gasteiger partial charge in [-0.2, -0.15) is 0 Å². The van der Waals surface area contributed by atoms with Gasteiger partial charge in [-0.05, 0) is 31.9 Å². The van der Waals surface area contributed by atoms with Crippen LogP contribution in [0.4, 0.5) is 10.9 Å². The van der Waals surface area contributed by atoms with Crippen molar-refractivity contribution in [3.63, 3.8) is 0 Å². The summed E-state index contributed by atoms with van der Waals surface area (Å²) in [6.07, 6.45) is 5.16. The van der Waals surface area contributed by atoms with Crippen molar-refractivity contribution >= 4 is 28.2 Å². The van der Waals surface area contributed by atoms with Gasteiger partial charge in [0.1, 0.15) is 17.2 Å². The van der Waals surface area contributed by atoms with Gasteiger partial charge in [0.15, 0.2) is 0 Å². The first kappa shape index (κ1) is 17.5. The number of pyridine rings is 1. The molecule has 0 spiro atoms. The molecular weight excluding hydrogens is 362 g/mol. The van der Waals surface area contributed by atoms with Crippen LogP contribution < -0.4 is 5.32 Å². The quantitative estimate of drug-likeness (QED) is 0.742. The molecule has 1 saturated heterocycles. The van der Waals surface area contributed by atoms with E-state index in [9.17, 15) is 4.79 Å². The molecule has 0 radical (unpaired) electrons. The third kappa shape index (κ3) is 4.08. The number of nitrogens with one attached hydrogen (secondary N) is 1. The molecule has 1 N–H and O–H groups in total. The van der Waals surface area contributed by atoms with Gasteiger partial charge in [0.2, 0.25) is 5.13 Å². The molecule has 9 heteroatoms. The number of hydrogen-bond acceptors (Lipinski definition) is 8. The first-order chi connectivity index (χ1) is 13.2.